The smallest absolute Gasteiger partial charge is 0.365 e. The maximum Gasteiger partial charge on any atom is 0.416 e. The molecular weight excluding hydrogens is 432 g/mol. The Labute approximate surface area is 170 Å². The van der Waals surface area contributed by atoms with E-state index in [2.05, 4.69) is 10.3 Å². The Balaban J connectivity index is 1.99. The van der Waals surface area contributed by atoms with E-state index in [9.17, 15) is 40.7 Å². The lowest BCUT2D eigenvalue weighted by atomic mass is 9.90. The molecule has 12 heteroatoms. The zero-order valence-corrected chi connectivity index (χ0v) is 15.6. The zero-order valence-electron chi connectivity index (χ0n) is 15.6. The predicted molar refractivity (Wildman–Crippen MR) is 95.2 cm³/mol. The molecule has 6 nitrogen and oxygen atoms in total. The molecule has 3 rings (SSSR count). The van der Waals surface area contributed by atoms with Gasteiger partial charge in [-0.1, -0.05) is 0 Å². The van der Waals surface area contributed by atoms with Crippen molar-refractivity contribution in [2.24, 2.45) is 5.73 Å². The van der Waals surface area contributed by atoms with Gasteiger partial charge in [0.25, 0.3) is 17.4 Å². The first kappa shape index (κ1) is 22.4. The highest BCUT2D eigenvalue weighted by Gasteiger charge is 2.38. The van der Waals surface area contributed by atoms with E-state index in [1.54, 1.807) is 0 Å². The number of carbonyl (C=O) groups is 2. The van der Waals surface area contributed by atoms with Gasteiger partial charge in [-0.3, -0.25) is 14.4 Å². The number of nitrogens with two attached hydrogens (primary N) is 1. The molecule has 1 heterocycles. The number of halogens is 6. The average molecular weight is 447 g/mol. The summed E-state index contributed by atoms with van der Waals surface area (Å²) in [5, 5.41) is 2.39. The zero-order chi connectivity index (χ0) is 23.1. The van der Waals surface area contributed by atoms with Gasteiger partial charge in [0.15, 0.2) is 0 Å². The number of amides is 2. The molecule has 1 atom stereocenters. The first-order valence-corrected chi connectivity index (χ1v) is 8.93. The van der Waals surface area contributed by atoms with Crippen LogP contribution in [0.3, 0.4) is 0 Å². The lowest BCUT2D eigenvalue weighted by molar-refractivity contribution is -0.143. The van der Waals surface area contributed by atoms with E-state index in [1.165, 1.54) is 6.07 Å². The Kier molecular flexibility index (Phi) is 5.59. The molecule has 2 aromatic rings. The van der Waals surface area contributed by atoms with Crippen LogP contribution < -0.4 is 16.6 Å². The van der Waals surface area contributed by atoms with E-state index in [-0.39, 0.29) is 18.1 Å². The van der Waals surface area contributed by atoms with Crippen LogP contribution in [0.15, 0.2) is 29.1 Å². The minimum Gasteiger partial charge on any atom is -0.365 e. The molecule has 0 spiro atoms. The average Bonchev–Trinajstić information content (AvgIpc) is 2.65. The van der Waals surface area contributed by atoms with E-state index in [0.717, 1.165) is 0 Å². The summed E-state index contributed by atoms with van der Waals surface area (Å²) in [6, 6.07) is 0.909. The topological polar surface area (TPSA) is 105 Å². The normalized spacial score (nSPS) is 16.5. The number of fused-ring (bicyclic) bond motifs is 1. The Bertz CT molecular complexity index is 1070. The minimum absolute atomic E-state index is 0.0729. The van der Waals surface area contributed by atoms with Crippen molar-refractivity contribution in [3.63, 3.8) is 0 Å². The van der Waals surface area contributed by atoms with Crippen LogP contribution in [-0.2, 0) is 18.8 Å². The summed E-state index contributed by atoms with van der Waals surface area (Å²) < 4.78 is 78.2. The van der Waals surface area contributed by atoms with Crippen LogP contribution in [0.25, 0.3) is 0 Å². The van der Waals surface area contributed by atoms with Crippen LogP contribution in [0.4, 0.5) is 26.3 Å². The van der Waals surface area contributed by atoms with Crippen molar-refractivity contribution in [2.45, 2.75) is 37.7 Å². The second kappa shape index (κ2) is 7.75. The van der Waals surface area contributed by atoms with Crippen LogP contribution in [0, 0.1) is 0 Å². The van der Waals surface area contributed by atoms with Crippen LogP contribution in [0.2, 0.25) is 0 Å². The van der Waals surface area contributed by atoms with Crippen molar-refractivity contribution >= 4 is 11.8 Å². The van der Waals surface area contributed by atoms with Crippen molar-refractivity contribution in [3.8, 4) is 0 Å². The van der Waals surface area contributed by atoms with Crippen LogP contribution in [0.5, 0.6) is 0 Å². The number of hydrogen-bond donors (Lipinski definition) is 3. The van der Waals surface area contributed by atoms with Crippen LogP contribution >= 0.6 is 0 Å². The largest absolute Gasteiger partial charge is 0.416 e. The fourth-order valence-corrected chi connectivity index (χ4v) is 3.40. The lowest BCUT2D eigenvalue weighted by Gasteiger charge is -2.26. The molecule has 1 aliphatic carbocycles. The third kappa shape index (κ3) is 4.72. The number of nitrogens with one attached hydrogen (secondary N) is 2. The van der Waals surface area contributed by atoms with Gasteiger partial charge in [-0.2, -0.15) is 26.3 Å². The number of carbonyl (C=O) groups excluding carboxylic acids is 2. The molecule has 0 saturated heterocycles. The summed E-state index contributed by atoms with van der Waals surface area (Å²) in [4.78, 5) is 38.3. The maximum absolute atomic E-state index is 13.0. The second-order valence-electron chi connectivity index (χ2n) is 7.02. The first-order valence-electron chi connectivity index (χ1n) is 8.93. The molecule has 0 aliphatic heterocycles. The van der Waals surface area contributed by atoms with Crippen LogP contribution in [0.1, 0.15) is 62.0 Å². The van der Waals surface area contributed by atoms with Crippen molar-refractivity contribution in [1.82, 2.24) is 10.3 Å². The minimum atomic E-state index is -5.09. The van der Waals surface area contributed by atoms with Crippen LogP contribution in [-0.4, -0.2) is 16.8 Å². The highest BCUT2D eigenvalue weighted by molar-refractivity contribution is 5.95. The number of aryl methyl sites for hydroxylation is 1. The third-order valence-electron chi connectivity index (χ3n) is 4.87. The quantitative estimate of drug-likeness (QED) is 0.629. The van der Waals surface area contributed by atoms with Crippen molar-refractivity contribution in [2.75, 3.05) is 0 Å². The fraction of sp³-hybridized carbons (Fsp3) is 0.316. The maximum atomic E-state index is 13.0. The van der Waals surface area contributed by atoms with Gasteiger partial charge in [-0.15, -0.1) is 0 Å². The number of pyridine rings is 1. The molecule has 1 aromatic heterocycles. The number of aromatic nitrogens is 1. The molecule has 0 saturated carbocycles. The molecule has 1 aliphatic rings. The van der Waals surface area contributed by atoms with Gasteiger partial charge in [-0.05, 0) is 49.1 Å². The molecule has 2 amide bonds. The lowest BCUT2D eigenvalue weighted by Crippen LogP contribution is -2.34. The van der Waals surface area contributed by atoms with Crippen molar-refractivity contribution in [1.29, 1.82) is 0 Å². The van der Waals surface area contributed by atoms with Crippen molar-refractivity contribution in [3.05, 3.63) is 68.1 Å². The summed E-state index contributed by atoms with van der Waals surface area (Å²) in [5.41, 5.74) is 0.691. The molecule has 166 valence electrons. The summed E-state index contributed by atoms with van der Waals surface area (Å²) in [5.74, 6) is -2.19. The van der Waals surface area contributed by atoms with E-state index in [1.807, 2.05) is 0 Å². The number of benzene rings is 1. The number of H-pyrrole nitrogens is 1. The highest BCUT2D eigenvalue weighted by atomic mass is 19.4. The molecule has 0 radical (unpaired) electrons. The van der Waals surface area contributed by atoms with Gasteiger partial charge < -0.3 is 16.0 Å². The number of rotatable bonds is 3. The molecule has 4 N–H and O–H groups in total. The summed E-state index contributed by atoms with van der Waals surface area (Å²) in [6.07, 6.45) is -9.03. The van der Waals surface area contributed by atoms with Gasteiger partial charge >= 0.3 is 12.4 Å². The number of alkyl halides is 6. The monoisotopic (exact) mass is 447 g/mol. The fourth-order valence-electron chi connectivity index (χ4n) is 3.40. The Morgan fingerprint density at radius 3 is 2.10 bits per heavy atom. The number of aromatic amines is 1. The van der Waals surface area contributed by atoms with Gasteiger partial charge in [0.1, 0.15) is 5.56 Å². The number of primary amides is 1. The molecule has 0 bridgehead atoms. The Morgan fingerprint density at radius 1 is 1.00 bits per heavy atom. The van der Waals surface area contributed by atoms with E-state index in [4.69, 9.17) is 5.73 Å². The highest BCUT2D eigenvalue weighted by Crippen LogP contribution is 2.36. The number of hydrogen-bond acceptors (Lipinski definition) is 3. The summed E-state index contributed by atoms with van der Waals surface area (Å²) in [6.45, 7) is 0. The second-order valence-corrected chi connectivity index (χ2v) is 7.02. The standard InChI is InChI=1S/C19H15F6N3O3/c20-18(21,22)9-4-8(5-10(6-9)19(23,24)25)16(30)27-13-2-1-3-14-11(13)7-12(15(26)29)17(31)28-14/h4-7,13H,1-3H2,(H2,26,29)(H,27,30)(H,28,31). The SMILES string of the molecule is NC(=O)c1cc2c([nH]c1=O)CCCC2NC(=O)c1cc(C(F)(F)F)cc(C(F)(F)F)c1. The molecule has 0 fully saturated rings. The van der Waals surface area contributed by atoms with E-state index in [0.29, 0.717) is 36.2 Å². The molecule has 1 unspecified atom stereocenters. The van der Waals surface area contributed by atoms with Gasteiger partial charge in [0, 0.05) is 11.3 Å². The van der Waals surface area contributed by atoms with Gasteiger partial charge in [0.05, 0.1) is 17.2 Å². The third-order valence-corrected chi connectivity index (χ3v) is 4.87. The summed E-state index contributed by atoms with van der Waals surface area (Å²) in [7, 11) is 0. The molecular formula is C19H15F6N3O3. The van der Waals surface area contributed by atoms with Gasteiger partial charge in [0.2, 0.25) is 0 Å². The van der Waals surface area contributed by atoms with E-state index < -0.39 is 52.5 Å². The molecule has 31 heavy (non-hydrogen) atoms. The van der Waals surface area contributed by atoms with E-state index >= 15 is 0 Å². The Hall–Kier alpha value is -3.31. The predicted octanol–water partition coefficient (Wildman–Crippen LogP) is 3.32. The van der Waals surface area contributed by atoms with Crippen molar-refractivity contribution < 1.29 is 35.9 Å². The first-order chi connectivity index (χ1) is 14.3. The molecule has 1 aromatic carbocycles. The van der Waals surface area contributed by atoms with Gasteiger partial charge in [-0.25, -0.2) is 0 Å². The summed E-state index contributed by atoms with van der Waals surface area (Å²) >= 11 is 0. The Morgan fingerprint density at radius 2 is 1.58 bits per heavy atom.